The fourth-order valence-electron chi connectivity index (χ4n) is 3.25. The molecule has 0 aromatic rings. The van der Waals surface area contributed by atoms with Gasteiger partial charge < -0.3 is 23.7 Å². The molecule has 0 aromatic carbocycles. The Morgan fingerprint density at radius 3 is 1.66 bits per heavy atom. The lowest BCUT2D eigenvalue weighted by molar-refractivity contribution is -0.145. The standard InChI is InChI=1S/C26H52O6/c1-4-7-9-10-11-12-16-28-18-20-30-22-23-31-21-19-29-17-13-15-26(27)32-24-25(6-3)14-8-5-2/h25H,4-24H2,1-3H3. The summed E-state index contributed by atoms with van der Waals surface area (Å²) in [6, 6.07) is 0. The van der Waals surface area contributed by atoms with Crippen LogP contribution in [0.5, 0.6) is 0 Å². The molecule has 0 spiro atoms. The summed E-state index contributed by atoms with van der Waals surface area (Å²) in [6.45, 7) is 12.0. The number of unbranched alkanes of at least 4 members (excludes halogenated alkanes) is 6. The zero-order chi connectivity index (χ0) is 23.5. The van der Waals surface area contributed by atoms with E-state index in [0.29, 0.717) is 71.6 Å². The molecule has 0 aliphatic carbocycles. The smallest absolute Gasteiger partial charge is 0.305 e. The van der Waals surface area contributed by atoms with Gasteiger partial charge in [-0.2, -0.15) is 0 Å². The molecule has 1 atom stereocenters. The highest BCUT2D eigenvalue weighted by Gasteiger charge is 2.09. The van der Waals surface area contributed by atoms with Gasteiger partial charge in [-0.1, -0.05) is 72.1 Å². The van der Waals surface area contributed by atoms with Gasteiger partial charge in [0.1, 0.15) is 0 Å². The molecule has 192 valence electrons. The van der Waals surface area contributed by atoms with E-state index < -0.39 is 0 Å². The molecule has 0 rings (SSSR count). The first-order valence-electron chi connectivity index (χ1n) is 13.2. The molecule has 0 aromatic heterocycles. The van der Waals surface area contributed by atoms with Crippen LogP contribution < -0.4 is 0 Å². The molecule has 6 heteroatoms. The summed E-state index contributed by atoms with van der Waals surface area (Å²) < 4.78 is 27.4. The maximum Gasteiger partial charge on any atom is 0.305 e. The van der Waals surface area contributed by atoms with Crippen molar-refractivity contribution < 1.29 is 28.5 Å². The molecule has 1 unspecified atom stereocenters. The average Bonchev–Trinajstić information content (AvgIpc) is 2.80. The molecule has 0 heterocycles. The molecule has 32 heavy (non-hydrogen) atoms. The Morgan fingerprint density at radius 2 is 1.09 bits per heavy atom. The van der Waals surface area contributed by atoms with Crippen molar-refractivity contribution in [3.05, 3.63) is 0 Å². The van der Waals surface area contributed by atoms with Gasteiger partial charge in [0.2, 0.25) is 0 Å². The normalized spacial score (nSPS) is 12.2. The highest BCUT2D eigenvalue weighted by Crippen LogP contribution is 2.13. The van der Waals surface area contributed by atoms with Crippen LogP contribution in [0.3, 0.4) is 0 Å². The lowest BCUT2D eigenvalue weighted by Crippen LogP contribution is -2.15. The summed E-state index contributed by atoms with van der Waals surface area (Å²) in [4.78, 5) is 11.8. The first-order valence-corrected chi connectivity index (χ1v) is 13.2. The minimum Gasteiger partial charge on any atom is -0.465 e. The monoisotopic (exact) mass is 460 g/mol. The second-order valence-electron chi connectivity index (χ2n) is 8.42. The maximum absolute atomic E-state index is 11.8. The van der Waals surface area contributed by atoms with Crippen LogP contribution in [0, 0.1) is 5.92 Å². The van der Waals surface area contributed by atoms with E-state index in [0.717, 1.165) is 25.9 Å². The summed E-state index contributed by atoms with van der Waals surface area (Å²) in [6.07, 6.45) is 13.4. The van der Waals surface area contributed by atoms with E-state index in [1.165, 1.54) is 44.9 Å². The SMILES string of the molecule is CCCCCCCCOCCOCCOCCOCCCC(=O)OCC(CC)CCCC. The topological polar surface area (TPSA) is 63.2 Å². The Hall–Kier alpha value is -0.690. The predicted molar refractivity (Wildman–Crippen MR) is 130 cm³/mol. The number of hydrogen-bond acceptors (Lipinski definition) is 6. The summed E-state index contributed by atoms with van der Waals surface area (Å²) in [7, 11) is 0. The number of esters is 1. The Labute approximate surface area is 198 Å². The minimum atomic E-state index is -0.118. The van der Waals surface area contributed by atoms with Crippen molar-refractivity contribution in [2.75, 3.05) is 59.5 Å². The van der Waals surface area contributed by atoms with Gasteiger partial charge in [-0.3, -0.25) is 4.79 Å². The molecule has 0 saturated carbocycles. The van der Waals surface area contributed by atoms with Crippen molar-refractivity contribution >= 4 is 5.97 Å². The molecule has 0 amide bonds. The minimum absolute atomic E-state index is 0.118. The molecule has 0 fully saturated rings. The third-order valence-corrected chi connectivity index (χ3v) is 5.45. The van der Waals surface area contributed by atoms with Crippen molar-refractivity contribution in [2.45, 2.75) is 97.8 Å². The van der Waals surface area contributed by atoms with E-state index in [4.69, 9.17) is 23.7 Å². The van der Waals surface area contributed by atoms with Crippen LogP contribution in [0.15, 0.2) is 0 Å². The zero-order valence-corrected chi connectivity index (χ0v) is 21.4. The molecule has 6 nitrogen and oxygen atoms in total. The average molecular weight is 461 g/mol. The van der Waals surface area contributed by atoms with Gasteiger partial charge in [-0.25, -0.2) is 0 Å². The first-order chi connectivity index (χ1) is 15.7. The van der Waals surface area contributed by atoms with Crippen LogP contribution in [0.1, 0.15) is 97.8 Å². The van der Waals surface area contributed by atoms with Crippen LogP contribution >= 0.6 is 0 Å². The summed E-state index contributed by atoms with van der Waals surface area (Å²) in [5.41, 5.74) is 0. The molecule has 0 aliphatic rings. The van der Waals surface area contributed by atoms with Crippen molar-refractivity contribution in [3.8, 4) is 0 Å². The Balaban J connectivity index is 3.22. The van der Waals surface area contributed by atoms with Crippen LogP contribution in [0.25, 0.3) is 0 Å². The highest BCUT2D eigenvalue weighted by atomic mass is 16.6. The molecule has 0 N–H and O–H groups in total. The van der Waals surface area contributed by atoms with Gasteiger partial charge >= 0.3 is 5.97 Å². The third kappa shape index (κ3) is 24.0. The molecular formula is C26H52O6. The molecule has 0 saturated heterocycles. The lowest BCUT2D eigenvalue weighted by atomic mass is 10.0. The third-order valence-electron chi connectivity index (χ3n) is 5.45. The van der Waals surface area contributed by atoms with Crippen LogP contribution in [-0.2, 0) is 28.5 Å². The number of rotatable bonds is 26. The van der Waals surface area contributed by atoms with Crippen molar-refractivity contribution in [1.82, 2.24) is 0 Å². The zero-order valence-electron chi connectivity index (χ0n) is 21.4. The second-order valence-corrected chi connectivity index (χ2v) is 8.42. The van der Waals surface area contributed by atoms with E-state index in [2.05, 4.69) is 20.8 Å². The van der Waals surface area contributed by atoms with Crippen molar-refractivity contribution in [2.24, 2.45) is 5.92 Å². The van der Waals surface area contributed by atoms with E-state index in [9.17, 15) is 4.79 Å². The molecule has 0 radical (unpaired) electrons. The van der Waals surface area contributed by atoms with Gasteiger partial charge in [-0.15, -0.1) is 0 Å². The van der Waals surface area contributed by atoms with E-state index in [-0.39, 0.29) is 5.97 Å². The van der Waals surface area contributed by atoms with Crippen molar-refractivity contribution in [1.29, 1.82) is 0 Å². The van der Waals surface area contributed by atoms with E-state index in [1.54, 1.807) is 0 Å². The van der Waals surface area contributed by atoms with Crippen LogP contribution in [0.2, 0.25) is 0 Å². The number of ether oxygens (including phenoxy) is 5. The summed E-state index contributed by atoms with van der Waals surface area (Å²) in [5, 5.41) is 0. The predicted octanol–water partition coefficient (Wildman–Crippen LogP) is 5.95. The summed E-state index contributed by atoms with van der Waals surface area (Å²) >= 11 is 0. The maximum atomic E-state index is 11.8. The van der Waals surface area contributed by atoms with Gasteiger partial charge in [-0.05, 0) is 25.2 Å². The van der Waals surface area contributed by atoms with Crippen LogP contribution in [-0.4, -0.2) is 65.4 Å². The van der Waals surface area contributed by atoms with Gasteiger partial charge in [0, 0.05) is 19.6 Å². The first kappa shape index (κ1) is 31.3. The number of carbonyl (C=O) groups is 1. The van der Waals surface area contributed by atoms with Gasteiger partial charge in [0.15, 0.2) is 0 Å². The fourth-order valence-corrected chi connectivity index (χ4v) is 3.25. The number of carbonyl (C=O) groups excluding carboxylic acids is 1. The number of hydrogen-bond donors (Lipinski definition) is 0. The largest absolute Gasteiger partial charge is 0.465 e. The fraction of sp³-hybridized carbons (Fsp3) is 0.962. The Bertz CT molecular complexity index is 377. The van der Waals surface area contributed by atoms with Crippen LogP contribution in [0.4, 0.5) is 0 Å². The quantitative estimate of drug-likeness (QED) is 0.117. The highest BCUT2D eigenvalue weighted by molar-refractivity contribution is 5.69. The van der Waals surface area contributed by atoms with Gasteiger partial charge in [0.25, 0.3) is 0 Å². The van der Waals surface area contributed by atoms with Crippen molar-refractivity contribution in [3.63, 3.8) is 0 Å². The lowest BCUT2D eigenvalue weighted by Gasteiger charge is -2.14. The molecule has 0 aliphatic heterocycles. The Morgan fingerprint density at radius 1 is 0.594 bits per heavy atom. The second kappa shape index (κ2) is 26.6. The Kier molecular flexibility index (Phi) is 26.0. The van der Waals surface area contributed by atoms with Gasteiger partial charge in [0.05, 0.1) is 46.2 Å². The van der Waals surface area contributed by atoms with E-state index in [1.807, 2.05) is 0 Å². The molecular weight excluding hydrogens is 408 g/mol. The summed E-state index contributed by atoms with van der Waals surface area (Å²) in [5.74, 6) is 0.377. The molecule has 0 bridgehead atoms. The van der Waals surface area contributed by atoms with E-state index >= 15 is 0 Å².